The van der Waals surface area contributed by atoms with E-state index in [2.05, 4.69) is 11.9 Å². The monoisotopic (exact) mass is 232 g/mol. The minimum Gasteiger partial charge on any atom is -0.372 e. The molecular formula is C13H16N2O2. The molecule has 1 aliphatic heterocycles. The average Bonchev–Trinajstić information content (AvgIpc) is 2.76. The molecule has 0 aromatic heterocycles. The van der Waals surface area contributed by atoms with Crippen LogP contribution >= 0.6 is 0 Å². The van der Waals surface area contributed by atoms with Gasteiger partial charge in [-0.1, -0.05) is 12.1 Å². The summed E-state index contributed by atoms with van der Waals surface area (Å²) in [6.07, 6.45) is 2.11. The molecule has 4 nitrogen and oxygen atoms in total. The van der Waals surface area contributed by atoms with Crippen molar-refractivity contribution in [2.24, 2.45) is 5.73 Å². The summed E-state index contributed by atoms with van der Waals surface area (Å²) in [5.41, 5.74) is 8.75. The van der Waals surface area contributed by atoms with Crippen LogP contribution in [-0.2, 0) is 22.7 Å². The summed E-state index contributed by atoms with van der Waals surface area (Å²) in [5.74, 6) is -0.191. The third kappa shape index (κ3) is 2.72. The van der Waals surface area contributed by atoms with E-state index in [1.165, 1.54) is 5.56 Å². The topological polar surface area (TPSA) is 64.4 Å². The fourth-order valence-electron chi connectivity index (χ4n) is 1.77. The Bertz CT molecular complexity index is 443. The van der Waals surface area contributed by atoms with Gasteiger partial charge >= 0.3 is 0 Å². The fourth-order valence-corrected chi connectivity index (χ4v) is 1.77. The molecule has 90 valence electrons. The van der Waals surface area contributed by atoms with Gasteiger partial charge in [-0.15, -0.1) is 6.58 Å². The molecule has 1 atom stereocenters. The van der Waals surface area contributed by atoms with E-state index < -0.39 is 6.04 Å². The van der Waals surface area contributed by atoms with Crippen LogP contribution in [-0.4, -0.2) is 11.9 Å². The number of anilines is 1. The number of nitrogens with one attached hydrogen (secondary N) is 1. The Morgan fingerprint density at radius 1 is 1.53 bits per heavy atom. The van der Waals surface area contributed by atoms with Gasteiger partial charge in [0.25, 0.3) is 0 Å². The third-order valence-electron chi connectivity index (χ3n) is 2.75. The number of ether oxygens (including phenoxy) is 1. The highest BCUT2D eigenvalue weighted by Crippen LogP contribution is 2.23. The summed E-state index contributed by atoms with van der Waals surface area (Å²) in [6.45, 7) is 4.82. The summed E-state index contributed by atoms with van der Waals surface area (Å²) in [4.78, 5) is 11.7. The SMILES string of the molecule is C=CCC(N)C(=O)Nc1ccc2c(c1)COC2. The maximum Gasteiger partial charge on any atom is 0.241 e. The number of benzene rings is 1. The normalized spacial score (nSPS) is 15.1. The number of carbonyl (C=O) groups excluding carboxylic acids is 1. The predicted molar refractivity (Wildman–Crippen MR) is 66.4 cm³/mol. The van der Waals surface area contributed by atoms with Crippen LogP contribution in [0.4, 0.5) is 5.69 Å². The van der Waals surface area contributed by atoms with Gasteiger partial charge in [-0.3, -0.25) is 4.79 Å². The van der Waals surface area contributed by atoms with E-state index in [9.17, 15) is 4.79 Å². The van der Waals surface area contributed by atoms with Crippen LogP contribution in [0, 0.1) is 0 Å². The van der Waals surface area contributed by atoms with Gasteiger partial charge in [0.1, 0.15) is 0 Å². The average molecular weight is 232 g/mol. The molecule has 1 unspecified atom stereocenters. The number of amides is 1. The van der Waals surface area contributed by atoms with E-state index in [1.807, 2.05) is 18.2 Å². The summed E-state index contributed by atoms with van der Waals surface area (Å²) in [7, 11) is 0. The molecule has 17 heavy (non-hydrogen) atoms. The summed E-state index contributed by atoms with van der Waals surface area (Å²) in [6, 6.07) is 5.22. The first-order valence-corrected chi connectivity index (χ1v) is 5.57. The predicted octanol–water partition coefficient (Wildman–Crippen LogP) is 1.56. The quantitative estimate of drug-likeness (QED) is 0.774. The van der Waals surface area contributed by atoms with Crippen LogP contribution < -0.4 is 11.1 Å². The first-order valence-electron chi connectivity index (χ1n) is 5.57. The molecule has 0 bridgehead atoms. The molecule has 1 aliphatic rings. The van der Waals surface area contributed by atoms with E-state index in [0.717, 1.165) is 11.3 Å². The summed E-state index contributed by atoms with van der Waals surface area (Å²) < 4.78 is 5.31. The molecule has 1 aromatic carbocycles. The number of hydrogen-bond donors (Lipinski definition) is 2. The van der Waals surface area contributed by atoms with Crippen molar-refractivity contribution in [1.82, 2.24) is 0 Å². The minimum atomic E-state index is -0.544. The molecule has 4 heteroatoms. The molecular weight excluding hydrogens is 216 g/mol. The Labute approximate surface area is 100 Å². The summed E-state index contributed by atoms with van der Waals surface area (Å²) >= 11 is 0. The Hall–Kier alpha value is -1.65. The highest BCUT2D eigenvalue weighted by molar-refractivity contribution is 5.94. The molecule has 0 fully saturated rings. The van der Waals surface area contributed by atoms with Crippen molar-refractivity contribution in [2.45, 2.75) is 25.7 Å². The third-order valence-corrected chi connectivity index (χ3v) is 2.75. The van der Waals surface area contributed by atoms with Gasteiger partial charge < -0.3 is 15.8 Å². The second kappa shape index (κ2) is 5.12. The smallest absolute Gasteiger partial charge is 0.241 e. The highest BCUT2D eigenvalue weighted by atomic mass is 16.5. The van der Waals surface area contributed by atoms with Crippen molar-refractivity contribution in [3.05, 3.63) is 42.0 Å². The van der Waals surface area contributed by atoms with Gasteiger partial charge in [-0.2, -0.15) is 0 Å². The fraction of sp³-hybridized carbons (Fsp3) is 0.308. The second-order valence-corrected chi connectivity index (χ2v) is 4.10. The van der Waals surface area contributed by atoms with Gasteiger partial charge in [0.2, 0.25) is 5.91 Å². The lowest BCUT2D eigenvalue weighted by molar-refractivity contribution is -0.117. The molecule has 0 spiro atoms. The van der Waals surface area contributed by atoms with E-state index in [-0.39, 0.29) is 5.91 Å². The Kier molecular flexibility index (Phi) is 3.56. The number of rotatable bonds is 4. The lowest BCUT2D eigenvalue weighted by Crippen LogP contribution is -2.35. The van der Waals surface area contributed by atoms with Crippen molar-refractivity contribution in [3.8, 4) is 0 Å². The zero-order chi connectivity index (χ0) is 12.3. The van der Waals surface area contributed by atoms with Crippen molar-refractivity contribution >= 4 is 11.6 Å². The van der Waals surface area contributed by atoms with Gasteiger partial charge in [0, 0.05) is 5.69 Å². The maximum absolute atomic E-state index is 11.7. The first kappa shape index (κ1) is 11.8. The molecule has 0 saturated carbocycles. The van der Waals surface area contributed by atoms with E-state index in [4.69, 9.17) is 10.5 Å². The van der Waals surface area contributed by atoms with Gasteiger partial charge in [-0.25, -0.2) is 0 Å². The van der Waals surface area contributed by atoms with Crippen molar-refractivity contribution in [1.29, 1.82) is 0 Å². The van der Waals surface area contributed by atoms with Crippen molar-refractivity contribution in [3.63, 3.8) is 0 Å². The zero-order valence-corrected chi connectivity index (χ0v) is 9.61. The highest BCUT2D eigenvalue weighted by Gasteiger charge is 2.14. The lowest BCUT2D eigenvalue weighted by Gasteiger charge is -2.11. The molecule has 1 amide bonds. The largest absolute Gasteiger partial charge is 0.372 e. The molecule has 1 aromatic rings. The van der Waals surface area contributed by atoms with Crippen molar-refractivity contribution in [2.75, 3.05) is 5.32 Å². The van der Waals surface area contributed by atoms with Gasteiger partial charge in [0.05, 0.1) is 19.3 Å². The van der Waals surface area contributed by atoms with Crippen LogP contribution in [0.25, 0.3) is 0 Å². The molecule has 3 N–H and O–H groups in total. The maximum atomic E-state index is 11.7. The second-order valence-electron chi connectivity index (χ2n) is 4.10. The van der Waals surface area contributed by atoms with Gasteiger partial charge in [0.15, 0.2) is 0 Å². The van der Waals surface area contributed by atoms with E-state index in [0.29, 0.717) is 19.6 Å². The molecule has 2 rings (SSSR count). The lowest BCUT2D eigenvalue weighted by atomic mass is 10.1. The van der Waals surface area contributed by atoms with Gasteiger partial charge in [-0.05, 0) is 29.7 Å². The first-order chi connectivity index (χ1) is 8.20. The Balaban J connectivity index is 2.04. The van der Waals surface area contributed by atoms with Crippen LogP contribution in [0.1, 0.15) is 17.5 Å². The van der Waals surface area contributed by atoms with E-state index >= 15 is 0 Å². The Morgan fingerprint density at radius 2 is 2.29 bits per heavy atom. The van der Waals surface area contributed by atoms with Crippen LogP contribution in [0.5, 0.6) is 0 Å². The number of nitrogens with two attached hydrogens (primary N) is 1. The van der Waals surface area contributed by atoms with Crippen molar-refractivity contribution < 1.29 is 9.53 Å². The minimum absolute atomic E-state index is 0.191. The molecule has 0 saturated heterocycles. The number of fused-ring (bicyclic) bond motifs is 1. The van der Waals surface area contributed by atoms with Crippen LogP contribution in [0.2, 0.25) is 0 Å². The zero-order valence-electron chi connectivity index (χ0n) is 9.61. The van der Waals surface area contributed by atoms with Crippen LogP contribution in [0.15, 0.2) is 30.9 Å². The molecule has 1 heterocycles. The van der Waals surface area contributed by atoms with E-state index in [1.54, 1.807) is 6.08 Å². The number of hydrogen-bond acceptors (Lipinski definition) is 3. The standard InChI is InChI=1S/C13H16N2O2/c1-2-3-12(14)13(16)15-11-5-4-9-7-17-8-10(9)6-11/h2,4-6,12H,1,3,7-8,14H2,(H,15,16). The summed E-state index contributed by atoms with van der Waals surface area (Å²) in [5, 5.41) is 2.79. The van der Waals surface area contributed by atoms with Crippen LogP contribution in [0.3, 0.4) is 0 Å². The molecule has 0 radical (unpaired) electrons. The molecule has 0 aliphatic carbocycles. The Morgan fingerprint density at radius 3 is 3.06 bits per heavy atom. The number of carbonyl (C=O) groups is 1.